The average molecular weight is 282 g/mol. The predicted molar refractivity (Wildman–Crippen MR) is 76.4 cm³/mol. The first-order chi connectivity index (χ1) is 9.24. The summed E-state index contributed by atoms with van der Waals surface area (Å²) < 4.78 is 0. The van der Waals surface area contributed by atoms with Crippen molar-refractivity contribution in [2.24, 2.45) is 23.2 Å². The van der Waals surface area contributed by atoms with Gasteiger partial charge in [0.1, 0.15) is 0 Å². The van der Waals surface area contributed by atoms with Gasteiger partial charge in [0.2, 0.25) is 0 Å². The van der Waals surface area contributed by atoms with Crippen LogP contribution in [-0.4, -0.2) is 41.1 Å². The van der Waals surface area contributed by atoms with Crippen molar-refractivity contribution >= 4 is 12.0 Å². The molecule has 0 aromatic carbocycles. The molecule has 5 nitrogen and oxygen atoms in total. The van der Waals surface area contributed by atoms with Crippen LogP contribution in [-0.2, 0) is 4.79 Å². The van der Waals surface area contributed by atoms with E-state index in [0.717, 1.165) is 6.42 Å². The smallest absolute Gasteiger partial charge is 0.317 e. The van der Waals surface area contributed by atoms with Crippen molar-refractivity contribution in [3.8, 4) is 0 Å². The van der Waals surface area contributed by atoms with E-state index in [4.69, 9.17) is 5.11 Å². The Balaban J connectivity index is 1.91. The first-order valence-corrected chi connectivity index (χ1v) is 7.52. The van der Waals surface area contributed by atoms with E-state index in [1.165, 1.54) is 0 Å². The molecule has 4 atom stereocenters. The molecule has 1 saturated carbocycles. The number of urea groups is 1. The van der Waals surface area contributed by atoms with Gasteiger partial charge in [0, 0.05) is 19.1 Å². The van der Waals surface area contributed by atoms with E-state index in [0.29, 0.717) is 25.4 Å². The summed E-state index contributed by atoms with van der Waals surface area (Å²) in [5.41, 5.74) is 0.198. The van der Waals surface area contributed by atoms with Gasteiger partial charge in [-0.05, 0) is 30.1 Å². The molecule has 1 saturated heterocycles. The summed E-state index contributed by atoms with van der Waals surface area (Å²) in [5, 5.41) is 12.2. The number of carbonyl (C=O) groups is 2. The minimum atomic E-state index is -0.798. The molecule has 114 valence electrons. The molecule has 0 aromatic heterocycles. The van der Waals surface area contributed by atoms with E-state index in [9.17, 15) is 9.59 Å². The van der Waals surface area contributed by atoms with E-state index < -0.39 is 11.9 Å². The quantitative estimate of drug-likeness (QED) is 0.833. The van der Waals surface area contributed by atoms with Crippen molar-refractivity contribution in [3.05, 3.63) is 0 Å². The van der Waals surface area contributed by atoms with Crippen LogP contribution in [0.5, 0.6) is 0 Å². The molecule has 1 aliphatic carbocycles. The van der Waals surface area contributed by atoms with Crippen LogP contribution in [0.3, 0.4) is 0 Å². The summed E-state index contributed by atoms with van der Waals surface area (Å²) in [6.07, 6.45) is 1.68. The summed E-state index contributed by atoms with van der Waals surface area (Å²) in [4.78, 5) is 25.1. The minimum Gasteiger partial charge on any atom is -0.481 e. The molecule has 0 spiro atoms. The third-order valence-electron chi connectivity index (χ3n) is 5.19. The van der Waals surface area contributed by atoms with Gasteiger partial charge in [-0.15, -0.1) is 0 Å². The van der Waals surface area contributed by atoms with Crippen molar-refractivity contribution in [2.45, 2.75) is 46.6 Å². The number of nitrogens with one attached hydrogen (secondary N) is 1. The summed E-state index contributed by atoms with van der Waals surface area (Å²) in [6, 6.07) is 0.132. The van der Waals surface area contributed by atoms with E-state index in [1.807, 2.05) is 6.92 Å². The Morgan fingerprint density at radius 1 is 1.35 bits per heavy atom. The third kappa shape index (κ3) is 2.91. The molecule has 4 unspecified atom stereocenters. The summed E-state index contributed by atoms with van der Waals surface area (Å²) in [5.74, 6) is -0.445. The summed E-state index contributed by atoms with van der Waals surface area (Å²) >= 11 is 0. The second-order valence-corrected chi connectivity index (χ2v) is 7.15. The molecular weight excluding hydrogens is 256 g/mol. The fraction of sp³-hybridized carbons (Fsp3) is 0.867. The zero-order chi connectivity index (χ0) is 15.1. The van der Waals surface area contributed by atoms with Crippen LogP contribution in [0.1, 0.15) is 40.5 Å². The number of carboxylic acids is 1. The van der Waals surface area contributed by atoms with Crippen LogP contribution in [0, 0.1) is 23.2 Å². The van der Waals surface area contributed by atoms with Crippen molar-refractivity contribution in [2.75, 3.05) is 13.1 Å². The number of carbonyl (C=O) groups excluding carboxylic acids is 1. The average Bonchev–Trinajstić information content (AvgIpc) is 3.00. The molecule has 0 aromatic rings. The Morgan fingerprint density at radius 3 is 2.50 bits per heavy atom. The summed E-state index contributed by atoms with van der Waals surface area (Å²) in [6.45, 7) is 9.54. The van der Waals surface area contributed by atoms with Crippen molar-refractivity contribution < 1.29 is 14.7 Å². The Labute approximate surface area is 120 Å². The molecule has 1 heterocycles. The standard InChI is InChI=1S/C15H26N2O3/c1-9(2)15(4)6-12(15)16-14(20)17-7-10(3)5-11(8-17)13(18)19/h9-12H,5-8H2,1-4H3,(H,16,20)(H,18,19). The Kier molecular flexibility index (Phi) is 3.98. The van der Waals surface area contributed by atoms with Gasteiger partial charge in [0.05, 0.1) is 5.92 Å². The van der Waals surface area contributed by atoms with Crippen LogP contribution in [0.4, 0.5) is 4.79 Å². The van der Waals surface area contributed by atoms with Crippen LogP contribution in [0.15, 0.2) is 0 Å². The second kappa shape index (κ2) is 5.26. The highest BCUT2D eigenvalue weighted by molar-refractivity contribution is 5.77. The molecule has 0 radical (unpaired) electrons. The predicted octanol–water partition coefficient (Wildman–Crippen LogP) is 2.17. The number of hydrogen-bond acceptors (Lipinski definition) is 2. The van der Waals surface area contributed by atoms with Gasteiger partial charge in [-0.3, -0.25) is 4.79 Å². The maximum Gasteiger partial charge on any atom is 0.317 e. The lowest BCUT2D eigenvalue weighted by atomic mass is 9.91. The minimum absolute atomic E-state index is 0.0998. The number of rotatable bonds is 3. The normalized spacial score (nSPS) is 36.9. The number of likely N-dealkylation sites (tertiary alicyclic amines) is 1. The number of aliphatic carboxylic acids is 1. The SMILES string of the molecule is CC1CC(C(=O)O)CN(C(=O)NC2CC2(C)C(C)C)C1. The van der Waals surface area contributed by atoms with Crippen molar-refractivity contribution in [1.29, 1.82) is 0 Å². The van der Waals surface area contributed by atoms with Crippen LogP contribution >= 0.6 is 0 Å². The maximum atomic E-state index is 12.3. The fourth-order valence-corrected chi connectivity index (χ4v) is 3.17. The molecule has 5 heteroatoms. The molecule has 0 bridgehead atoms. The van der Waals surface area contributed by atoms with Gasteiger partial charge >= 0.3 is 12.0 Å². The van der Waals surface area contributed by atoms with E-state index in [2.05, 4.69) is 26.1 Å². The molecule has 2 N–H and O–H groups in total. The first-order valence-electron chi connectivity index (χ1n) is 7.52. The zero-order valence-corrected chi connectivity index (χ0v) is 12.8. The molecule has 2 fully saturated rings. The zero-order valence-electron chi connectivity index (χ0n) is 12.8. The molecule has 2 amide bonds. The van der Waals surface area contributed by atoms with E-state index in [1.54, 1.807) is 4.90 Å². The number of hydrogen-bond donors (Lipinski definition) is 2. The first kappa shape index (κ1) is 15.1. The van der Waals surface area contributed by atoms with E-state index in [-0.39, 0.29) is 23.4 Å². The number of piperidine rings is 1. The molecule has 2 rings (SSSR count). The van der Waals surface area contributed by atoms with Gasteiger partial charge in [-0.1, -0.05) is 27.7 Å². The Morgan fingerprint density at radius 2 is 2.00 bits per heavy atom. The lowest BCUT2D eigenvalue weighted by Crippen LogP contribution is -2.50. The van der Waals surface area contributed by atoms with E-state index >= 15 is 0 Å². The maximum absolute atomic E-state index is 12.3. The second-order valence-electron chi connectivity index (χ2n) is 7.15. The van der Waals surface area contributed by atoms with Gasteiger partial charge in [-0.2, -0.15) is 0 Å². The Hall–Kier alpha value is -1.26. The largest absolute Gasteiger partial charge is 0.481 e. The third-order valence-corrected chi connectivity index (χ3v) is 5.19. The fourth-order valence-electron chi connectivity index (χ4n) is 3.17. The molecule has 20 heavy (non-hydrogen) atoms. The number of carboxylic acid groups (broad SMARTS) is 1. The van der Waals surface area contributed by atoms with Crippen molar-refractivity contribution in [3.63, 3.8) is 0 Å². The lowest BCUT2D eigenvalue weighted by Gasteiger charge is -2.35. The highest BCUT2D eigenvalue weighted by Gasteiger charge is 2.53. The highest BCUT2D eigenvalue weighted by Crippen LogP contribution is 2.51. The Bertz CT molecular complexity index is 410. The van der Waals surface area contributed by atoms with Crippen LogP contribution < -0.4 is 5.32 Å². The highest BCUT2D eigenvalue weighted by atomic mass is 16.4. The topological polar surface area (TPSA) is 69.6 Å². The lowest BCUT2D eigenvalue weighted by molar-refractivity contribution is -0.143. The molecule has 1 aliphatic heterocycles. The molecule has 2 aliphatic rings. The van der Waals surface area contributed by atoms with Gasteiger partial charge < -0.3 is 15.3 Å². The van der Waals surface area contributed by atoms with Crippen LogP contribution in [0.25, 0.3) is 0 Å². The number of nitrogens with zero attached hydrogens (tertiary/aromatic N) is 1. The van der Waals surface area contributed by atoms with Crippen molar-refractivity contribution in [1.82, 2.24) is 10.2 Å². The van der Waals surface area contributed by atoms with Crippen LogP contribution in [0.2, 0.25) is 0 Å². The summed E-state index contributed by atoms with van der Waals surface area (Å²) in [7, 11) is 0. The number of amides is 2. The molecular formula is C15H26N2O3. The monoisotopic (exact) mass is 282 g/mol. The van der Waals surface area contributed by atoms with Gasteiger partial charge in [0.25, 0.3) is 0 Å². The van der Waals surface area contributed by atoms with Gasteiger partial charge in [0.15, 0.2) is 0 Å². The van der Waals surface area contributed by atoms with Gasteiger partial charge in [-0.25, -0.2) is 4.79 Å².